The number of hydrogen-bond acceptors (Lipinski definition) is 0. The van der Waals surface area contributed by atoms with Gasteiger partial charge in [-0.15, -0.1) is 0 Å². The minimum atomic E-state index is 1.01. The molecule has 292 valence electrons. The van der Waals surface area contributed by atoms with Crippen LogP contribution in [0.25, 0.3) is 111 Å². The summed E-state index contributed by atoms with van der Waals surface area (Å²) in [7, 11) is 0. The molecule has 9 aromatic carbocycles. The quantitative estimate of drug-likeness (QED) is 0.154. The summed E-state index contributed by atoms with van der Waals surface area (Å²) in [6.45, 7) is 0. The molecule has 0 bridgehead atoms. The predicted molar refractivity (Wildman–Crippen MR) is 264 cm³/mol. The second kappa shape index (κ2) is 13.9. The van der Waals surface area contributed by atoms with Crippen LogP contribution in [0.1, 0.15) is 35.4 Å². The molecule has 11 aromatic rings. The fourth-order valence-corrected chi connectivity index (χ4v) is 10.9. The van der Waals surface area contributed by atoms with Gasteiger partial charge in [0.25, 0.3) is 0 Å². The van der Waals surface area contributed by atoms with Gasteiger partial charge in [-0.25, -0.2) is 0 Å². The average molecular weight is 791 g/mol. The molecule has 0 aliphatic heterocycles. The van der Waals surface area contributed by atoms with Gasteiger partial charge >= 0.3 is 0 Å². The topological polar surface area (TPSA) is 9.86 Å². The molecule has 0 radical (unpaired) electrons. The van der Waals surface area contributed by atoms with Gasteiger partial charge in [-0.1, -0.05) is 164 Å². The zero-order valence-corrected chi connectivity index (χ0v) is 34.4. The van der Waals surface area contributed by atoms with E-state index < -0.39 is 0 Å². The summed E-state index contributed by atoms with van der Waals surface area (Å²) >= 11 is 0. The smallest absolute Gasteiger partial charge is 0.0537 e. The van der Waals surface area contributed by atoms with Crippen molar-refractivity contribution in [2.75, 3.05) is 0 Å². The SMILES string of the molecule is C1=Cc2c(c3ccccc3n2-c2ccc3c(-c4ccc(-c5ccccc5)cc4)c4cc(-n5c6c(c7ccccc75)C=CCC6)ccc4c(-c4cccc5ccccc45)c3c2)CC1. The van der Waals surface area contributed by atoms with E-state index in [4.69, 9.17) is 0 Å². The number of para-hydroxylation sites is 2. The van der Waals surface area contributed by atoms with Gasteiger partial charge in [-0.2, -0.15) is 0 Å². The Hall–Kier alpha value is -7.68. The minimum Gasteiger partial charge on any atom is -0.313 e. The average Bonchev–Trinajstić information content (AvgIpc) is 3.86. The molecule has 0 atom stereocenters. The van der Waals surface area contributed by atoms with Crippen LogP contribution < -0.4 is 0 Å². The summed E-state index contributed by atoms with van der Waals surface area (Å²) in [6, 6.07) is 68.1. The molecule has 62 heavy (non-hydrogen) atoms. The van der Waals surface area contributed by atoms with Gasteiger partial charge in [-0.05, 0) is 139 Å². The number of hydrogen-bond donors (Lipinski definition) is 0. The molecule has 0 N–H and O–H groups in total. The number of nitrogens with zero attached hydrogens (tertiary/aromatic N) is 2. The summed E-state index contributed by atoms with van der Waals surface area (Å²) in [5, 5.41) is 10.2. The van der Waals surface area contributed by atoms with Gasteiger partial charge in [0.05, 0.1) is 11.0 Å². The van der Waals surface area contributed by atoms with Crippen molar-refractivity contribution in [3.05, 3.63) is 217 Å². The number of allylic oxidation sites excluding steroid dienone is 2. The Labute approximate surface area is 360 Å². The number of aromatic nitrogens is 2. The van der Waals surface area contributed by atoms with Crippen molar-refractivity contribution in [2.24, 2.45) is 0 Å². The van der Waals surface area contributed by atoms with E-state index in [-0.39, 0.29) is 0 Å². The lowest BCUT2D eigenvalue weighted by atomic mass is 9.84. The fourth-order valence-electron chi connectivity index (χ4n) is 10.9. The van der Waals surface area contributed by atoms with Crippen LogP contribution in [-0.4, -0.2) is 9.13 Å². The van der Waals surface area contributed by atoms with E-state index in [0.717, 1.165) is 25.7 Å². The van der Waals surface area contributed by atoms with E-state index in [2.05, 4.69) is 215 Å². The van der Waals surface area contributed by atoms with Crippen LogP contribution in [-0.2, 0) is 12.8 Å². The molecule has 0 saturated heterocycles. The van der Waals surface area contributed by atoms with Crippen LogP contribution in [0.2, 0.25) is 0 Å². The van der Waals surface area contributed by atoms with Crippen LogP contribution >= 0.6 is 0 Å². The fraction of sp³-hybridized carbons (Fsp3) is 0.0667. The lowest BCUT2D eigenvalue weighted by Gasteiger charge is -2.22. The maximum absolute atomic E-state index is 2.54. The zero-order valence-electron chi connectivity index (χ0n) is 34.4. The van der Waals surface area contributed by atoms with Gasteiger partial charge in [0.1, 0.15) is 0 Å². The summed E-state index contributed by atoms with van der Waals surface area (Å²) < 4.78 is 5.04. The van der Waals surface area contributed by atoms with Crippen LogP contribution in [0.3, 0.4) is 0 Å². The Balaban J connectivity index is 1.16. The Morgan fingerprint density at radius 1 is 0.371 bits per heavy atom. The first kappa shape index (κ1) is 35.1. The summed E-state index contributed by atoms with van der Waals surface area (Å²) in [6.07, 6.45) is 13.5. The number of benzene rings is 9. The van der Waals surface area contributed by atoms with E-state index >= 15 is 0 Å². The maximum Gasteiger partial charge on any atom is 0.0537 e. The predicted octanol–water partition coefficient (Wildman–Crippen LogP) is 16.0. The van der Waals surface area contributed by atoms with Crippen molar-refractivity contribution < 1.29 is 0 Å². The van der Waals surface area contributed by atoms with Crippen molar-refractivity contribution >= 4 is 66.3 Å². The van der Waals surface area contributed by atoms with Crippen molar-refractivity contribution in [3.63, 3.8) is 0 Å². The first-order valence-corrected chi connectivity index (χ1v) is 22.0. The molecule has 2 heterocycles. The lowest BCUT2D eigenvalue weighted by Crippen LogP contribution is -2.03. The van der Waals surface area contributed by atoms with E-state index in [1.165, 1.54) is 121 Å². The van der Waals surface area contributed by atoms with E-state index in [9.17, 15) is 0 Å². The molecule has 0 saturated carbocycles. The second-order valence-electron chi connectivity index (χ2n) is 17.0. The number of aryl methyl sites for hydroxylation is 1. The number of fused-ring (bicyclic) bond motifs is 9. The highest BCUT2D eigenvalue weighted by atomic mass is 15.0. The summed E-state index contributed by atoms with van der Waals surface area (Å²) in [5.41, 5.74) is 17.8. The highest BCUT2D eigenvalue weighted by Crippen LogP contribution is 2.48. The molecule has 2 aromatic heterocycles. The maximum atomic E-state index is 2.54. The first-order valence-electron chi connectivity index (χ1n) is 22.0. The van der Waals surface area contributed by atoms with E-state index in [1.54, 1.807) is 0 Å². The third-order valence-electron chi connectivity index (χ3n) is 13.6. The molecule has 0 amide bonds. The zero-order chi connectivity index (χ0) is 40.7. The molecular formula is C60H42N2. The van der Waals surface area contributed by atoms with Crippen molar-refractivity contribution in [3.8, 4) is 44.8 Å². The summed E-state index contributed by atoms with van der Waals surface area (Å²) in [4.78, 5) is 0. The van der Waals surface area contributed by atoms with Crippen LogP contribution in [0.15, 0.2) is 194 Å². The highest BCUT2D eigenvalue weighted by Gasteiger charge is 2.24. The molecule has 0 fully saturated rings. The normalized spacial score (nSPS) is 13.4. The lowest BCUT2D eigenvalue weighted by molar-refractivity contribution is 0.889. The van der Waals surface area contributed by atoms with Crippen LogP contribution in [0.5, 0.6) is 0 Å². The number of rotatable bonds is 5. The molecule has 0 unspecified atom stereocenters. The van der Waals surface area contributed by atoms with E-state index in [0.29, 0.717) is 0 Å². The molecule has 2 nitrogen and oxygen atoms in total. The third kappa shape index (κ3) is 5.29. The van der Waals surface area contributed by atoms with Gasteiger partial charge in [0, 0.05) is 39.1 Å². The standard InChI is InChI=1S/C60H42N2/c1-2-15-39(16-3-1)40-29-31-42(32-30-40)59-51-35-33-44(62-57-27-12-8-22-48(57)49-23-9-13-28-58(49)62)38-54(51)60(50-24-14-18-41-17-4-5-19-45(41)50)52-36-34-43(37-53(52)59)61-55-25-10-6-20-46(55)47-21-7-11-26-56(47)61/h1-8,10,12-22,24-25,27-38H,9,11,23,26H2. The molecule has 2 heteroatoms. The van der Waals surface area contributed by atoms with E-state index in [1.807, 2.05) is 0 Å². The Morgan fingerprint density at radius 2 is 0.968 bits per heavy atom. The van der Waals surface area contributed by atoms with Crippen LogP contribution in [0, 0.1) is 0 Å². The van der Waals surface area contributed by atoms with Gasteiger partial charge in [0.2, 0.25) is 0 Å². The Kier molecular flexibility index (Phi) is 7.90. The molecule has 0 spiro atoms. The largest absolute Gasteiger partial charge is 0.313 e. The monoisotopic (exact) mass is 790 g/mol. The van der Waals surface area contributed by atoms with Gasteiger partial charge in [-0.3, -0.25) is 0 Å². The first-order chi connectivity index (χ1) is 30.8. The third-order valence-corrected chi connectivity index (χ3v) is 13.6. The van der Waals surface area contributed by atoms with Crippen molar-refractivity contribution in [2.45, 2.75) is 25.7 Å². The van der Waals surface area contributed by atoms with Gasteiger partial charge in [0.15, 0.2) is 0 Å². The van der Waals surface area contributed by atoms with Crippen LogP contribution in [0.4, 0.5) is 0 Å². The van der Waals surface area contributed by atoms with Gasteiger partial charge < -0.3 is 9.13 Å². The highest BCUT2D eigenvalue weighted by molar-refractivity contribution is 6.24. The van der Waals surface area contributed by atoms with Crippen molar-refractivity contribution in [1.29, 1.82) is 0 Å². The Morgan fingerprint density at radius 3 is 1.79 bits per heavy atom. The van der Waals surface area contributed by atoms with Crippen molar-refractivity contribution in [1.82, 2.24) is 9.13 Å². The Bertz CT molecular complexity index is 3660. The molecule has 2 aliphatic rings. The molecule has 13 rings (SSSR count). The second-order valence-corrected chi connectivity index (χ2v) is 17.0. The summed E-state index contributed by atoms with van der Waals surface area (Å²) in [5.74, 6) is 0. The molecular weight excluding hydrogens is 749 g/mol. The molecule has 2 aliphatic carbocycles. The minimum absolute atomic E-state index is 1.01.